The third-order valence-corrected chi connectivity index (χ3v) is 5.25. The molecular formula is C25H25N3O4. The van der Waals surface area contributed by atoms with Gasteiger partial charge >= 0.3 is 5.97 Å². The number of hydrogen-bond donors (Lipinski definition) is 1. The lowest BCUT2D eigenvalue weighted by Gasteiger charge is -2.13. The standard InChI is InChI=1S/C25H25N3O4/c1-17-18(2)28(15-20-7-5-4-6-8-20)25(22(17)14-26)27-23(29)16-32-24(30)13-19-9-11-21(31-3)12-10-19/h4-12H,13,15-16H2,1-3H3,(H,27,29). The number of anilines is 1. The fourth-order valence-electron chi connectivity index (χ4n) is 3.37. The lowest BCUT2D eigenvalue weighted by atomic mass is 10.1. The predicted octanol–water partition coefficient (Wildman–Crippen LogP) is 3.76. The van der Waals surface area contributed by atoms with E-state index in [1.165, 1.54) is 0 Å². The minimum absolute atomic E-state index is 0.0450. The average molecular weight is 431 g/mol. The largest absolute Gasteiger partial charge is 0.497 e. The van der Waals surface area contributed by atoms with Crippen LogP contribution in [0.2, 0.25) is 0 Å². The van der Waals surface area contributed by atoms with Crippen LogP contribution in [0.25, 0.3) is 0 Å². The minimum atomic E-state index is -0.516. The lowest BCUT2D eigenvalue weighted by molar-refractivity contribution is -0.146. The summed E-state index contributed by atoms with van der Waals surface area (Å²) in [5.74, 6) is 0.0793. The summed E-state index contributed by atoms with van der Waals surface area (Å²) in [6.07, 6.45) is 0.0450. The number of nitriles is 1. The zero-order chi connectivity index (χ0) is 23.1. The highest BCUT2D eigenvalue weighted by Gasteiger charge is 2.20. The van der Waals surface area contributed by atoms with Crippen LogP contribution in [0.4, 0.5) is 5.82 Å². The Morgan fingerprint density at radius 2 is 1.72 bits per heavy atom. The highest BCUT2D eigenvalue weighted by atomic mass is 16.5. The maximum Gasteiger partial charge on any atom is 0.310 e. The van der Waals surface area contributed by atoms with Gasteiger partial charge in [0.15, 0.2) is 6.61 Å². The normalized spacial score (nSPS) is 10.3. The Kier molecular flexibility index (Phi) is 7.29. The highest BCUT2D eigenvalue weighted by Crippen LogP contribution is 2.27. The number of methoxy groups -OCH3 is 1. The van der Waals surface area contributed by atoms with Crippen molar-refractivity contribution in [2.75, 3.05) is 19.0 Å². The van der Waals surface area contributed by atoms with E-state index in [9.17, 15) is 14.9 Å². The second kappa shape index (κ2) is 10.3. The Labute approximate surface area is 187 Å². The quantitative estimate of drug-likeness (QED) is 0.548. The fraction of sp³-hybridized carbons (Fsp3) is 0.240. The molecule has 7 nitrogen and oxygen atoms in total. The van der Waals surface area contributed by atoms with E-state index in [-0.39, 0.29) is 6.42 Å². The molecule has 0 radical (unpaired) electrons. The van der Waals surface area contributed by atoms with Crippen LogP contribution in [0.15, 0.2) is 54.6 Å². The van der Waals surface area contributed by atoms with Crippen molar-refractivity contribution in [1.29, 1.82) is 5.26 Å². The Balaban J connectivity index is 1.66. The van der Waals surface area contributed by atoms with Gasteiger partial charge in [0.2, 0.25) is 0 Å². The first-order valence-electron chi connectivity index (χ1n) is 10.1. The Morgan fingerprint density at radius 1 is 1.03 bits per heavy atom. The molecule has 0 aliphatic carbocycles. The van der Waals surface area contributed by atoms with E-state index >= 15 is 0 Å². The summed E-state index contributed by atoms with van der Waals surface area (Å²) in [6, 6.07) is 19.0. The summed E-state index contributed by atoms with van der Waals surface area (Å²) in [5, 5.41) is 12.4. The molecule has 0 spiro atoms. The first-order chi connectivity index (χ1) is 15.4. The van der Waals surface area contributed by atoms with Crippen LogP contribution in [0.3, 0.4) is 0 Å². The molecule has 3 aromatic rings. The van der Waals surface area contributed by atoms with Crippen LogP contribution < -0.4 is 10.1 Å². The number of amides is 1. The van der Waals surface area contributed by atoms with E-state index in [0.29, 0.717) is 23.7 Å². The van der Waals surface area contributed by atoms with Crippen molar-refractivity contribution in [3.63, 3.8) is 0 Å². The van der Waals surface area contributed by atoms with Gasteiger partial charge in [-0.1, -0.05) is 42.5 Å². The zero-order valence-electron chi connectivity index (χ0n) is 18.3. The number of nitrogens with zero attached hydrogens (tertiary/aromatic N) is 2. The summed E-state index contributed by atoms with van der Waals surface area (Å²) in [6.45, 7) is 3.82. The second-order valence-corrected chi connectivity index (χ2v) is 7.35. The number of ether oxygens (including phenoxy) is 2. The van der Waals surface area contributed by atoms with Gasteiger partial charge in [0.25, 0.3) is 5.91 Å². The molecule has 1 aromatic heterocycles. The molecule has 7 heteroatoms. The fourth-order valence-corrected chi connectivity index (χ4v) is 3.37. The number of aromatic nitrogens is 1. The number of benzene rings is 2. The van der Waals surface area contributed by atoms with Gasteiger partial charge in [-0.05, 0) is 42.7 Å². The Morgan fingerprint density at radius 3 is 2.34 bits per heavy atom. The van der Waals surface area contributed by atoms with Crippen LogP contribution in [0.5, 0.6) is 5.75 Å². The van der Waals surface area contributed by atoms with Crippen molar-refractivity contribution >= 4 is 17.7 Å². The van der Waals surface area contributed by atoms with Crippen LogP contribution >= 0.6 is 0 Å². The van der Waals surface area contributed by atoms with Crippen molar-refractivity contribution in [2.24, 2.45) is 0 Å². The maximum atomic E-state index is 12.5. The third kappa shape index (κ3) is 5.35. The number of carbonyl (C=O) groups is 2. The molecule has 1 amide bonds. The molecule has 0 saturated heterocycles. The minimum Gasteiger partial charge on any atom is -0.497 e. The van der Waals surface area contributed by atoms with Crippen molar-refractivity contribution in [3.8, 4) is 11.8 Å². The van der Waals surface area contributed by atoms with Crippen LogP contribution in [-0.2, 0) is 27.3 Å². The van der Waals surface area contributed by atoms with Crippen LogP contribution in [0, 0.1) is 25.2 Å². The number of hydrogen-bond acceptors (Lipinski definition) is 5. The molecule has 0 saturated carbocycles. The molecule has 0 atom stereocenters. The van der Waals surface area contributed by atoms with Gasteiger partial charge in [-0.2, -0.15) is 5.26 Å². The van der Waals surface area contributed by atoms with Crippen molar-refractivity contribution in [2.45, 2.75) is 26.8 Å². The second-order valence-electron chi connectivity index (χ2n) is 7.35. The molecule has 32 heavy (non-hydrogen) atoms. The van der Waals surface area contributed by atoms with Crippen molar-refractivity contribution in [1.82, 2.24) is 4.57 Å². The van der Waals surface area contributed by atoms with Crippen LogP contribution in [0.1, 0.15) is 27.9 Å². The Hall–Kier alpha value is -4.05. The molecular weight excluding hydrogens is 406 g/mol. The molecule has 3 rings (SSSR count). The summed E-state index contributed by atoms with van der Waals surface area (Å²) in [7, 11) is 1.57. The number of esters is 1. The van der Waals surface area contributed by atoms with Gasteiger partial charge in [-0.15, -0.1) is 0 Å². The first-order valence-corrected chi connectivity index (χ1v) is 10.1. The predicted molar refractivity (Wildman–Crippen MR) is 120 cm³/mol. The lowest BCUT2D eigenvalue weighted by Crippen LogP contribution is -2.23. The van der Waals surface area contributed by atoms with E-state index < -0.39 is 18.5 Å². The molecule has 0 aliphatic rings. The van der Waals surface area contributed by atoms with Gasteiger partial charge in [-0.25, -0.2) is 0 Å². The average Bonchev–Trinajstić information content (AvgIpc) is 3.02. The highest BCUT2D eigenvalue weighted by molar-refractivity contribution is 5.93. The summed E-state index contributed by atoms with van der Waals surface area (Å²) in [5.41, 5.74) is 3.88. The van der Waals surface area contributed by atoms with E-state index in [1.54, 1.807) is 31.4 Å². The number of carbonyl (C=O) groups excluding carboxylic acids is 2. The van der Waals surface area contributed by atoms with Gasteiger partial charge in [0, 0.05) is 12.2 Å². The number of rotatable bonds is 8. The molecule has 0 fully saturated rings. The van der Waals surface area contributed by atoms with Gasteiger partial charge in [-0.3, -0.25) is 9.59 Å². The van der Waals surface area contributed by atoms with Crippen LogP contribution in [-0.4, -0.2) is 30.2 Å². The smallest absolute Gasteiger partial charge is 0.310 e. The molecule has 1 N–H and O–H groups in total. The molecule has 164 valence electrons. The maximum absolute atomic E-state index is 12.5. The van der Waals surface area contributed by atoms with Gasteiger partial charge in [0.05, 0.1) is 19.1 Å². The van der Waals surface area contributed by atoms with E-state index in [1.807, 2.05) is 48.7 Å². The van der Waals surface area contributed by atoms with E-state index in [4.69, 9.17) is 9.47 Å². The molecule has 2 aromatic carbocycles. The van der Waals surface area contributed by atoms with E-state index in [2.05, 4.69) is 11.4 Å². The number of nitrogens with one attached hydrogen (secondary N) is 1. The van der Waals surface area contributed by atoms with E-state index in [0.717, 1.165) is 22.4 Å². The summed E-state index contributed by atoms with van der Waals surface area (Å²) < 4.78 is 12.1. The topological polar surface area (TPSA) is 93.3 Å². The van der Waals surface area contributed by atoms with Gasteiger partial charge in [0.1, 0.15) is 17.6 Å². The molecule has 1 heterocycles. The summed E-state index contributed by atoms with van der Waals surface area (Å²) >= 11 is 0. The Bertz CT molecular complexity index is 1140. The van der Waals surface area contributed by atoms with Crippen molar-refractivity contribution < 1.29 is 19.1 Å². The molecule has 0 bridgehead atoms. The monoisotopic (exact) mass is 431 g/mol. The van der Waals surface area contributed by atoms with Crippen molar-refractivity contribution in [3.05, 3.63) is 82.5 Å². The SMILES string of the molecule is COc1ccc(CC(=O)OCC(=O)Nc2c(C#N)c(C)c(C)n2Cc2ccccc2)cc1. The molecule has 0 aliphatic heterocycles. The third-order valence-electron chi connectivity index (χ3n) is 5.25. The van der Waals surface area contributed by atoms with Gasteiger partial charge < -0.3 is 19.4 Å². The summed E-state index contributed by atoms with van der Waals surface area (Å²) in [4.78, 5) is 24.6. The first kappa shape index (κ1) is 22.6. The zero-order valence-corrected chi connectivity index (χ0v) is 18.3. The molecule has 0 unspecified atom stereocenters.